The number of halogens is 2. The van der Waals surface area contributed by atoms with Crippen molar-refractivity contribution >= 4 is 40.1 Å². The number of nitrogens with zero attached hydrogens (tertiary/aromatic N) is 2. The highest BCUT2D eigenvalue weighted by molar-refractivity contribution is 6.34. The quantitative estimate of drug-likeness (QED) is 0.485. The first kappa shape index (κ1) is 19.3. The smallest absolute Gasteiger partial charge is 0.341 e. The number of pyridine rings is 1. The summed E-state index contributed by atoms with van der Waals surface area (Å²) < 4.78 is 20.0. The molecule has 1 N–H and O–H groups in total. The van der Waals surface area contributed by atoms with E-state index in [2.05, 4.69) is 0 Å². The van der Waals surface area contributed by atoms with Crippen molar-refractivity contribution < 1.29 is 28.7 Å². The van der Waals surface area contributed by atoms with Crippen molar-refractivity contribution in [3.05, 3.63) is 49.0 Å². The zero-order chi connectivity index (χ0) is 20.0. The fourth-order valence-corrected chi connectivity index (χ4v) is 2.78. The van der Waals surface area contributed by atoms with Crippen LogP contribution in [0.2, 0.25) is 5.02 Å². The number of hydrogen-bond acceptors (Lipinski definition) is 6. The normalized spacial score (nSPS) is 11.4. The molecule has 0 aliphatic rings. The summed E-state index contributed by atoms with van der Waals surface area (Å²) in [5.74, 6) is -3.67. The van der Waals surface area contributed by atoms with Gasteiger partial charge in [0.05, 0.1) is 10.3 Å². The first-order valence-electron chi connectivity index (χ1n) is 7.03. The Morgan fingerprint density at radius 3 is 2.46 bits per heavy atom. The van der Waals surface area contributed by atoms with Crippen molar-refractivity contribution in [2.45, 2.75) is 26.5 Å². The molecule has 0 atom stereocenters. The molecule has 2 aromatic rings. The number of nitro groups is 1. The number of carbonyl (C=O) groups excluding carboxylic acids is 1. The van der Waals surface area contributed by atoms with Gasteiger partial charge in [-0.3, -0.25) is 19.7 Å². The molecule has 0 spiro atoms. The molecule has 2 rings (SSSR count). The van der Waals surface area contributed by atoms with E-state index in [-0.39, 0.29) is 0 Å². The number of hydrogen-bond donors (Lipinski definition) is 1. The lowest BCUT2D eigenvalue weighted by atomic mass is 10.1. The summed E-state index contributed by atoms with van der Waals surface area (Å²) in [7, 11) is 0. The highest BCUT2D eigenvalue weighted by Crippen LogP contribution is 2.37. The van der Waals surface area contributed by atoms with Crippen LogP contribution in [-0.2, 0) is 15.3 Å². The van der Waals surface area contributed by atoms with Crippen LogP contribution >= 0.6 is 11.6 Å². The van der Waals surface area contributed by atoms with Crippen LogP contribution < -0.4 is 5.43 Å². The van der Waals surface area contributed by atoms with Gasteiger partial charge in [0.15, 0.2) is 10.7 Å². The number of carbonyl (C=O) groups is 2. The van der Waals surface area contributed by atoms with Crippen molar-refractivity contribution in [2.24, 2.45) is 0 Å². The average Bonchev–Trinajstić information content (AvgIpc) is 2.47. The fourth-order valence-electron chi connectivity index (χ4n) is 2.56. The predicted molar refractivity (Wildman–Crippen MR) is 87.9 cm³/mol. The lowest BCUT2D eigenvalue weighted by Crippen LogP contribution is -2.34. The molecule has 0 unspecified atom stereocenters. The summed E-state index contributed by atoms with van der Waals surface area (Å²) in [5.41, 5.74) is -4.98. The molecule has 26 heavy (non-hydrogen) atoms. The Balaban J connectivity index is 3.17. The summed E-state index contributed by atoms with van der Waals surface area (Å²) >= 11 is 5.69. The number of ether oxygens (including phenoxy) is 1. The van der Waals surface area contributed by atoms with Crippen molar-refractivity contribution in [1.29, 1.82) is 0 Å². The van der Waals surface area contributed by atoms with E-state index < -0.39 is 61.0 Å². The SMILES string of the molecule is CC(=O)OC(C)(C)n1cc(C(=O)O)c(=O)c2cc(F)c(Cl)c([N+](=O)[O-])c21. The number of aromatic carboxylic acids is 1. The highest BCUT2D eigenvalue weighted by atomic mass is 35.5. The van der Waals surface area contributed by atoms with Gasteiger partial charge in [-0.15, -0.1) is 0 Å². The third kappa shape index (κ3) is 3.10. The maximum absolute atomic E-state index is 14.0. The van der Waals surface area contributed by atoms with Crippen LogP contribution in [0.15, 0.2) is 17.1 Å². The van der Waals surface area contributed by atoms with Gasteiger partial charge >= 0.3 is 17.6 Å². The number of aromatic nitrogens is 1. The van der Waals surface area contributed by atoms with Crippen LogP contribution in [0.3, 0.4) is 0 Å². The van der Waals surface area contributed by atoms with E-state index >= 15 is 0 Å². The zero-order valence-electron chi connectivity index (χ0n) is 13.7. The molecule has 0 amide bonds. The maximum atomic E-state index is 14.0. The monoisotopic (exact) mass is 386 g/mol. The minimum atomic E-state index is -1.64. The highest BCUT2D eigenvalue weighted by Gasteiger charge is 2.33. The topological polar surface area (TPSA) is 129 Å². The van der Waals surface area contributed by atoms with Gasteiger partial charge in [0.1, 0.15) is 16.9 Å². The van der Waals surface area contributed by atoms with Gasteiger partial charge in [0, 0.05) is 13.1 Å². The standard InChI is InChI=1S/C15H12ClFN2O7/c1-6(20)26-15(2,3)18-5-8(14(22)23)13(21)7-4-9(17)10(16)12(11(7)18)19(24)25/h4-5H,1-3H3,(H,22,23). The van der Waals surface area contributed by atoms with Gasteiger partial charge in [-0.05, 0) is 19.9 Å². The van der Waals surface area contributed by atoms with Crippen LogP contribution in [0.5, 0.6) is 0 Å². The van der Waals surface area contributed by atoms with Crippen molar-refractivity contribution in [3.63, 3.8) is 0 Å². The third-order valence-corrected chi connectivity index (χ3v) is 3.90. The predicted octanol–water partition coefficient (Wildman–Crippen LogP) is 2.66. The van der Waals surface area contributed by atoms with E-state index in [1.165, 1.54) is 13.8 Å². The van der Waals surface area contributed by atoms with Gasteiger partial charge in [-0.2, -0.15) is 0 Å². The molecular weight excluding hydrogens is 375 g/mol. The van der Waals surface area contributed by atoms with E-state index in [0.29, 0.717) is 6.07 Å². The molecule has 0 saturated heterocycles. The Bertz CT molecular complexity index is 1030. The van der Waals surface area contributed by atoms with Gasteiger partial charge in [0.25, 0.3) is 0 Å². The molecule has 1 heterocycles. The number of carboxylic acids is 1. The van der Waals surface area contributed by atoms with E-state index in [4.69, 9.17) is 16.3 Å². The second-order valence-corrected chi connectivity index (χ2v) is 6.14. The van der Waals surface area contributed by atoms with Crippen molar-refractivity contribution in [3.8, 4) is 0 Å². The molecule has 11 heteroatoms. The number of carboxylic acid groups (broad SMARTS) is 1. The summed E-state index contributed by atoms with van der Waals surface area (Å²) in [4.78, 5) is 45.5. The fraction of sp³-hybridized carbons (Fsp3) is 0.267. The van der Waals surface area contributed by atoms with Crippen LogP contribution in [0.4, 0.5) is 10.1 Å². The molecular formula is C15H12ClFN2O7. The Morgan fingerprint density at radius 1 is 1.42 bits per heavy atom. The van der Waals surface area contributed by atoms with E-state index in [9.17, 15) is 34.0 Å². The number of rotatable bonds is 4. The molecule has 1 aromatic heterocycles. The summed E-state index contributed by atoms with van der Waals surface area (Å²) in [6, 6.07) is 0.611. The largest absolute Gasteiger partial charge is 0.477 e. The molecule has 0 radical (unpaired) electrons. The molecule has 0 saturated carbocycles. The number of benzene rings is 1. The van der Waals surface area contributed by atoms with Gasteiger partial charge in [-0.1, -0.05) is 11.6 Å². The molecule has 0 aliphatic heterocycles. The Kier molecular flexibility index (Phi) is 4.73. The van der Waals surface area contributed by atoms with Crippen molar-refractivity contribution in [1.82, 2.24) is 4.57 Å². The molecule has 0 bridgehead atoms. The van der Waals surface area contributed by atoms with Crippen LogP contribution in [0.25, 0.3) is 10.9 Å². The third-order valence-electron chi connectivity index (χ3n) is 3.54. The first-order chi connectivity index (χ1) is 11.9. The molecule has 9 nitrogen and oxygen atoms in total. The van der Waals surface area contributed by atoms with Gasteiger partial charge in [0.2, 0.25) is 5.43 Å². The Hall–Kier alpha value is -3.01. The van der Waals surface area contributed by atoms with E-state index in [1.807, 2.05) is 0 Å². The Labute approximate surface area is 149 Å². The lowest BCUT2D eigenvalue weighted by molar-refractivity contribution is -0.383. The summed E-state index contributed by atoms with van der Waals surface area (Å²) in [6.45, 7) is 3.70. The van der Waals surface area contributed by atoms with Crippen LogP contribution in [0.1, 0.15) is 31.1 Å². The minimum Gasteiger partial charge on any atom is -0.477 e. The van der Waals surface area contributed by atoms with Crippen LogP contribution in [-0.4, -0.2) is 26.5 Å². The van der Waals surface area contributed by atoms with Gasteiger partial charge in [-0.25, -0.2) is 9.18 Å². The van der Waals surface area contributed by atoms with Crippen LogP contribution in [0, 0.1) is 15.9 Å². The molecule has 138 valence electrons. The average molecular weight is 387 g/mol. The second kappa shape index (κ2) is 6.37. The summed E-state index contributed by atoms with van der Waals surface area (Å²) in [5, 5.41) is 19.2. The molecule has 0 aliphatic carbocycles. The number of fused-ring (bicyclic) bond motifs is 1. The van der Waals surface area contributed by atoms with E-state index in [1.54, 1.807) is 0 Å². The minimum absolute atomic E-state index is 0.470. The number of esters is 1. The zero-order valence-corrected chi connectivity index (χ0v) is 14.5. The first-order valence-corrected chi connectivity index (χ1v) is 7.41. The molecule has 1 aromatic carbocycles. The lowest BCUT2D eigenvalue weighted by Gasteiger charge is -2.29. The number of nitro benzene ring substituents is 1. The summed E-state index contributed by atoms with van der Waals surface area (Å²) in [6.07, 6.45) is 0.789. The van der Waals surface area contributed by atoms with E-state index in [0.717, 1.165) is 17.7 Å². The van der Waals surface area contributed by atoms with Gasteiger partial charge < -0.3 is 14.4 Å². The Morgan fingerprint density at radius 2 is 2.00 bits per heavy atom. The van der Waals surface area contributed by atoms with Crippen molar-refractivity contribution in [2.75, 3.05) is 0 Å². The maximum Gasteiger partial charge on any atom is 0.341 e. The second-order valence-electron chi connectivity index (χ2n) is 5.76. The molecule has 0 fully saturated rings.